The quantitative estimate of drug-likeness (QED) is 0.765. The molecule has 3 heteroatoms. The van der Waals surface area contributed by atoms with Crippen molar-refractivity contribution in [2.45, 2.75) is 39.2 Å². The molecule has 0 aromatic carbocycles. The van der Waals surface area contributed by atoms with Crippen LogP contribution < -0.4 is 0 Å². The van der Waals surface area contributed by atoms with Crippen LogP contribution in [0.5, 0.6) is 0 Å². The summed E-state index contributed by atoms with van der Waals surface area (Å²) in [6, 6.07) is 4.19. The average molecular weight is 244 g/mol. The number of allylic oxidation sites excluding steroid dienone is 1. The summed E-state index contributed by atoms with van der Waals surface area (Å²) >= 11 is 0. The van der Waals surface area contributed by atoms with E-state index in [1.54, 1.807) is 6.20 Å². The van der Waals surface area contributed by atoms with Gasteiger partial charge in [-0.2, -0.15) is 0 Å². The first kappa shape index (κ1) is 12.8. The second kappa shape index (κ2) is 5.80. The van der Waals surface area contributed by atoms with Gasteiger partial charge in [0.15, 0.2) is 0 Å². The van der Waals surface area contributed by atoms with Crippen LogP contribution in [-0.2, 0) is 4.79 Å². The maximum Gasteiger partial charge on any atom is 0.249 e. The normalized spacial score (nSPS) is 20.2. The van der Waals surface area contributed by atoms with Gasteiger partial charge >= 0.3 is 0 Å². The maximum absolute atomic E-state index is 12.4. The van der Waals surface area contributed by atoms with Crippen molar-refractivity contribution in [2.75, 3.05) is 6.54 Å². The van der Waals surface area contributed by atoms with Gasteiger partial charge in [0, 0.05) is 24.5 Å². The Labute approximate surface area is 109 Å². The van der Waals surface area contributed by atoms with Crippen molar-refractivity contribution >= 4 is 5.91 Å². The molecule has 1 fully saturated rings. The molecule has 0 N–H and O–H groups in total. The van der Waals surface area contributed by atoms with Crippen molar-refractivity contribution in [3.63, 3.8) is 0 Å². The van der Waals surface area contributed by atoms with E-state index >= 15 is 0 Å². The molecule has 0 aliphatic carbocycles. The van der Waals surface area contributed by atoms with Gasteiger partial charge in [0.25, 0.3) is 0 Å². The lowest BCUT2D eigenvalue weighted by molar-refractivity contribution is -0.128. The van der Waals surface area contributed by atoms with E-state index in [0.717, 1.165) is 36.9 Å². The highest BCUT2D eigenvalue weighted by Gasteiger charge is 2.30. The maximum atomic E-state index is 12.4. The van der Waals surface area contributed by atoms with E-state index < -0.39 is 0 Å². The van der Waals surface area contributed by atoms with Gasteiger partial charge in [0.1, 0.15) is 0 Å². The molecule has 1 atom stereocenters. The van der Waals surface area contributed by atoms with Crippen LogP contribution in [0.25, 0.3) is 0 Å². The van der Waals surface area contributed by atoms with Crippen LogP contribution in [0.3, 0.4) is 0 Å². The monoisotopic (exact) mass is 244 g/mol. The molecule has 1 saturated heterocycles. The fourth-order valence-electron chi connectivity index (χ4n) is 2.55. The lowest BCUT2D eigenvalue weighted by Crippen LogP contribution is -2.31. The molecule has 0 radical (unpaired) electrons. The molecule has 2 rings (SSSR count). The van der Waals surface area contributed by atoms with Crippen molar-refractivity contribution in [2.24, 2.45) is 0 Å². The fourth-order valence-corrected chi connectivity index (χ4v) is 2.55. The van der Waals surface area contributed by atoms with E-state index in [9.17, 15) is 4.79 Å². The summed E-state index contributed by atoms with van der Waals surface area (Å²) in [5.74, 6) is 0.170. The van der Waals surface area contributed by atoms with Crippen LogP contribution in [0.15, 0.2) is 36.2 Å². The van der Waals surface area contributed by atoms with Crippen molar-refractivity contribution in [3.05, 3.63) is 41.7 Å². The lowest BCUT2D eigenvalue weighted by Gasteiger charge is -2.25. The van der Waals surface area contributed by atoms with Crippen LogP contribution in [-0.4, -0.2) is 22.3 Å². The minimum absolute atomic E-state index is 0.170. The lowest BCUT2D eigenvalue weighted by atomic mass is 10.1. The summed E-state index contributed by atoms with van der Waals surface area (Å²) in [4.78, 5) is 18.5. The Hall–Kier alpha value is -1.64. The third-order valence-corrected chi connectivity index (χ3v) is 3.43. The SMILES string of the molecule is CC/C=C(/C)C(=O)N1CCC[C@@H]1c1cccnc1. The minimum Gasteiger partial charge on any atom is -0.332 e. The third kappa shape index (κ3) is 2.61. The standard InChI is InChI=1S/C15H20N2O/c1-3-6-12(2)15(18)17-10-5-8-14(17)13-7-4-9-16-11-13/h4,6-7,9,11,14H,3,5,8,10H2,1-2H3/b12-6-/t14-/m1/s1. The molecule has 1 aliphatic heterocycles. The van der Waals surface area contributed by atoms with E-state index in [2.05, 4.69) is 18.0 Å². The second-order valence-electron chi connectivity index (χ2n) is 4.74. The van der Waals surface area contributed by atoms with Crippen LogP contribution >= 0.6 is 0 Å². The summed E-state index contributed by atoms with van der Waals surface area (Å²) in [5.41, 5.74) is 2.00. The van der Waals surface area contributed by atoms with E-state index in [-0.39, 0.29) is 11.9 Å². The molecular weight excluding hydrogens is 224 g/mol. The van der Waals surface area contributed by atoms with Crippen molar-refractivity contribution in [1.82, 2.24) is 9.88 Å². The van der Waals surface area contributed by atoms with Gasteiger partial charge in [-0.1, -0.05) is 19.1 Å². The number of nitrogens with zero attached hydrogens (tertiary/aromatic N) is 2. The number of likely N-dealkylation sites (tertiary alicyclic amines) is 1. The van der Waals surface area contributed by atoms with Crippen LogP contribution in [0, 0.1) is 0 Å². The Morgan fingerprint density at radius 1 is 1.61 bits per heavy atom. The van der Waals surface area contributed by atoms with E-state index in [4.69, 9.17) is 0 Å². The van der Waals surface area contributed by atoms with E-state index in [1.807, 2.05) is 30.2 Å². The zero-order valence-electron chi connectivity index (χ0n) is 11.1. The van der Waals surface area contributed by atoms with E-state index in [0.29, 0.717) is 0 Å². The van der Waals surface area contributed by atoms with Gasteiger partial charge in [-0.05, 0) is 37.8 Å². The molecule has 1 aliphatic rings. The summed E-state index contributed by atoms with van der Waals surface area (Å²) in [6.07, 6.45) is 8.66. The largest absolute Gasteiger partial charge is 0.332 e. The van der Waals surface area contributed by atoms with Crippen molar-refractivity contribution in [3.8, 4) is 0 Å². The highest BCUT2D eigenvalue weighted by atomic mass is 16.2. The number of carbonyl (C=O) groups is 1. The van der Waals surface area contributed by atoms with Crippen LogP contribution in [0.4, 0.5) is 0 Å². The Morgan fingerprint density at radius 2 is 2.44 bits per heavy atom. The minimum atomic E-state index is 0.170. The summed E-state index contributed by atoms with van der Waals surface area (Å²) in [7, 11) is 0. The first-order valence-electron chi connectivity index (χ1n) is 6.61. The highest BCUT2D eigenvalue weighted by Crippen LogP contribution is 2.32. The number of aromatic nitrogens is 1. The number of amides is 1. The molecule has 18 heavy (non-hydrogen) atoms. The molecule has 1 aromatic rings. The molecule has 3 nitrogen and oxygen atoms in total. The Bertz CT molecular complexity index is 439. The van der Waals surface area contributed by atoms with Crippen molar-refractivity contribution in [1.29, 1.82) is 0 Å². The molecule has 0 unspecified atom stereocenters. The molecule has 1 amide bonds. The predicted octanol–water partition coefficient (Wildman–Crippen LogP) is 3.10. The Kier molecular flexibility index (Phi) is 4.13. The molecule has 2 heterocycles. The molecule has 0 bridgehead atoms. The summed E-state index contributed by atoms with van der Waals surface area (Å²) < 4.78 is 0. The molecule has 0 saturated carbocycles. The third-order valence-electron chi connectivity index (χ3n) is 3.43. The summed E-state index contributed by atoms with van der Waals surface area (Å²) in [5, 5.41) is 0. The van der Waals surface area contributed by atoms with Crippen LogP contribution in [0.1, 0.15) is 44.7 Å². The molecular formula is C15H20N2O. The van der Waals surface area contributed by atoms with Crippen LogP contribution in [0.2, 0.25) is 0 Å². The highest BCUT2D eigenvalue weighted by molar-refractivity contribution is 5.93. The first-order chi connectivity index (χ1) is 8.74. The number of rotatable bonds is 3. The molecule has 0 spiro atoms. The van der Waals surface area contributed by atoms with Gasteiger partial charge in [0.05, 0.1) is 6.04 Å². The molecule has 96 valence electrons. The smallest absolute Gasteiger partial charge is 0.249 e. The number of hydrogen-bond acceptors (Lipinski definition) is 2. The Balaban J connectivity index is 2.18. The van der Waals surface area contributed by atoms with Gasteiger partial charge < -0.3 is 4.90 Å². The zero-order valence-corrected chi connectivity index (χ0v) is 11.1. The Morgan fingerprint density at radius 3 is 3.11 bits per heavy atom. The zero-order chi connectivity index (χ0) is 13.0. The predicted molar refractivity (Wildman–Crippen MR) is 72.0 cm³/mol. The van der Waals surface area contributed by atoms with Gasteiger partial charge in [-0.15, -0.1) is 0 Å². The second-order valence-corrected chi connectivity index (χ2v) is 4.74. The topological polar surface area (TPSA) is 33.2 Å². The van der Waals surface area contributed by atoms with Gasteiger partial charge in [-0.3, -0.25) is 9.78 Å². The summed E-state index contributed by atoms with van der Waals surface area (Å²) in [6.45, 7) is 4.82. The average Bonchev–Trinajstić information content (AvgIpc) is 2.88. The molecule has 1 aromatic heterocycles. The fraction of sp³-hybridized carbons (Fsp3) is 0.467. The number of hydrogen-bond donors (Lipinski definition) is 0. The van der Waals surface area contributed by atoms with Gasteiger partial charge in [0.2, 0.25) is 5.91 Å². The van der Waals surface area contributed by atoms with Gasteiger partial charge in [-0.25, -0.2) is 0 Å². The van der Waals surface area contributed by atoms with E-state index in [1.165, 1.54) is 0 Å². The number of pyridine rings is 1. The first-order valence-corrected chi connectivity index (χ1v) is 6.61. The number of carbonyl (C=O) groups excluding carboxylic acids is 1. The van der Waals surface area contributed by atoms with Crippen molar-refractivity contribution < 1.29 is 4.79 Å².